The Morgan fingerprint density at radius 3 is 1.85 bits per heavy atom. The highest BCUT2D eigenvalue weighted by atomic mass is 14.4. The van der Waals surface area contributed by atoms with Crippen molar-refractivity contribution in [2.45, 2.75) is 19.3 Å². The van der Waals surface area contributed by atoms with Crippen molar-refractivity contribution in [3.05, 3.63) is 84.0 Å². The molecule has 2 aromatic carbocycles. The fourth-order valence-corrected chi connectivity index (χ4v) is 3.66. The molecule has 0 saturated carbocycles. The van der Waals surface area contributed by atoms with Crippen molar-refractivity contribution < 1.29 is 0 Å². The molecule has 2 aromatic rings. The van der Waals surface area contributed by atoms with E-state index in [1.54, 1.807) is 0 Å². The third-order valence-electron chi connectivity index (χ3n) is 4.67. The van der Waals surface area contributed by atoms with Gasteiger partial charge in [0.25, 0.3) is 0 Å². The Labute approximate surface area is 120 Å². The third kappa shape index (κ3) is 1.68. The second-order valence-electron chi connectivity index (χ2n) is 6.16. The van der Waals surface area contributed by atoms with Gasteiger partial charge in [-0.1, -0.05) is 79.8 Å². The van der Waals surface area contributed by atoms with Gasteiger partial charge >= 0.3 is 0 Å². The van der Waals surface area contributed by atoms with Gasteiger partial charge in [-0.25, -0.2) is 0 Å². The topological polar surface area (TPSA) is 0 Å². The molecule has 2 aliphatic carbocycles. The first-order chi connectivity index (χ1) is 9.77. The van der Waals surface area contributed by atoms with Crippen LogP contribution < -0.4 is 0 Å². The van der Waals surface area contributed by atoms with E-state index in [9.17, 15) is 0 Å². The minimum Gasteiger partial charge on any atom is -0.0748 e. The summed E-state index contributed by atoms with van der Waals surface area (Å²) in [6.07, 6.45) is 10.2. The van der Waals surface area contributed by atoms with E-state index in [1.165, 1.54) is 22.3 Å². The summed E-state index contributed by atoms with van der Waals surface area (Å²) in [6, 6.07) is 17.7. The molecule has 0 aromatic heterocycles. The quantitative estimate of drug-likeness (QED) is 0.683. The summed E-state index contributed by atoms with van der Waals surface area (Å²) in [6.45, 7) is 2.33. The minimum atomic E-state index is 0.190. The number of rotatable bonds is 2. The Morgan fingerprint density at radius 2 is 1.30 bits per heavy atom. The van der Waals surface area contributed by atoms with Gasteiger partial charge < -0.3 is 0 Å². The summed E-state index contributed by atoms with van der Waals surface area (Å²) < 4.78 is 0. The highest BCUT2D eigenvalue weighted by Crippen LogP contribution is 2.50. The first-order valence-corrected chi connectivity index (χ1v) is 7.32. The second-order valence-corrected chi connectivity index (χ2v) is 6.16. The average Bonchev–Trinajstić information content (AvgIpc) is 3.04. The molecule has 0 atom stereocenters. The predicted octanol–water partition coefficient (Wildman–Crippen LogP) is 5.32. The van der Waals surface area contributed by atoms with Gasteiger partial charge in [0.15, 0.2) is 0 Å². The summed E-state index contributed by atoms with van der Waals surface area (Å²) >= 11 is 0. The summed E-state index contributed by atoms with van der Waals surface area (Å²) in [5.41, 5.74) is 6.01. The van der Waals surface area contributed by atoms with Crippen molar-refractivity contribution >= 4 is 0 Å². The van der Waals surface area contributed by atoms with E-state index in [-0.39, 0.29) is 5.41 Å². The van der Waals surface area contributed by atoms with Crippen LogP contribution in [0.1, 0.15) is 30.4 Å². The first kappa shape index (κ1) is 11.7. The van der Waals surface area contributed by atoms with Crippen LogP contribution in [0.4, 0.5) is 0 Å². The van der Waals surface area contributed by atoms with E-state index in [1.807, 2.05) is 0 Å². The smallest absolute Gasteiger partial charge is 0.0113 e. The summed E-state index contributed by atoms with van der Waals surface area (Å²) in [7, 11) is 0. The maximum Gasteiger partial charge on any atom is 0.0113 e. The fourth-order valence-electron chi connectivity index (χ4n) is 3.66. The third-order valence-corrected chi connectivity index (χ3v) is 4.67. The molecule has 98 valence electrons. The second kappa shape index (κ2) is 4.21. The average molecular weight is 258 g/mol. The number of allylic oxidation sites excluding steroid dienone is 4. The SMILES string of the molecule is CC1(CC2c3ccccc3-c3ccccc32)C=CC=C1. The van der Waals surface area contributed by atoms with Crippen LogP contribution in [0.3, 0.4) is 0 Å². The summed E-state index contributed by atoms with van der Waals surface area (Å²) in [5.74, 6) is 0.514. The number of benzene rings is 2. The van der Waals surface area contributed by atoms with Gasteiger partial charge in [0.05, 0.1) is 0 Å². The monoisotopic (exact) mass is 258 g/mol. The molecule has 0 radical (unpaired) electrons. The lowest BCUT2D eigenvalue weighted by molar-refractivity contribution is 0.476. The van der Waals surface area contributed by atoms with Gasteiger partial charge in [0.1, 0.15) is 0 Å². The molecular formula is C20H18. The van der Waals surface area contributed by atoms with Crippen LogP contribution in [0, 0.1) is 5.41 Å². The molecule has 0 N–H and O–H groups in total. The normalized spacial score (nSPS) is 18.2. The molecule has 0 heteroatoms. The lowest BCUT2D eigenvalue weighted by Crippen LogP contribution is -2.13. The molecular weight excluding hydrogens is 240 g/mol. The standard InChI is InChI=1S/C20H18/c1-20(12-6-7-13-20)14-19-17-10-4-2-8-15(17)16-9-3-5-11-18(16)19/h2-13,19H,14H2,1H3. The maximum atomic E-state index is 2.33. The van der Waals surface area contributed by atoms with Gasteiger partial charge in [-0.3, -0.25) is 0 Å². The Kier molecular flexibility index (Phi) is 2.47. The molecule has 0 fully saturated rings. The van der Waals surface area contributed by atoms with Crippen molar-refractivity contribution in [2.24, 2.45) is 5.41 Å². The summed E-state index contributed by atoms with van der Waals surface area (Å²) in [5, 5.41) is 0. The molecule has 0 unspecified atom stereocenters. The van der Waals surface area contributed by atoms with Crippen LogP contribution in [0.5, 0.6) is 0 Å². The van der Waals surface area contributed by atoms with E-state index in [0.29, 0.717) is 5.92 Å². The predicted molar refractivity (Wildman–Crippen MR) is 84.7 cm³/mol. The van der Waals surface area contributed by atoms with Gasteiger partial charge in [0.2, 0.25) is 0 Å². The Morgan fingerprint density at radius 1 is 0.800 bits per heavy atom. The van der Waals surface area contributed by atoms with Gasteiger partial charge in [0, 0.05) is 11.3 Å². The van der Waals surface area contributed by atoms with Crippen LogP contribution >= 0.6 is 0 Å². The molecule has 0 amide bonds. The lowest BCUT2D eigenvalue weighted by atomic mass is 9.78. The zero-order chi connectivity index (χ0) is 13.6. The Hall–Kier alpha value is -2.08. The fraction of sp³-hybridized carbons (Fsp3) is 0.200. The van der Waals surface area contributed by atoms with Crippen LogP contribution in [0.25, 0.3) is 11.1 Å². The van der Waals surface area contributed by atoms with Crippen LogP contribution in [-0.4, -0.2) is 0 Å². The van der Waals surface area contributed by atoms with Gasteiger partial charge in [-0.15, -0.1) is 0 Å². The summed E-state index contributed by atoms with van der Waals surface area (Å²) in [4.78, 5) is 0. The van der Waals surface area contributed by atoms with Crippen LogP contribution in [0.15, 0.2) is 72.8 Å². The molecule has 0 saturated heterocycles. The van der Waals surface area contributed by atoms with E-state index < -0.39 is 0 Å². The van der Waals surface area contributed by atoms with Gasteiger partial charge in [-0.2, -0.15) is 0 Å². The zero-order valence-electron chi connectivity index (χ0n) is 11.7. The Bertz CT molecular complexity index is 661. The van der Waals surface area contributed by atoms with Crippen molar-refractivity contribution in [1.82, 2.24) is 0 Å². The molecule has 0 spiro atoms. The lowest BCUT2D eigenvalue weighted by Gasteiger charge is -2.25. The highest BCUT2D eigenvalue weighted by molar-refractivity contribution is 5.78. The van der Waals surface area contributed by atoms with Crippen molar-refractivity contribution in [3.8, 4) is 11.1 Å². The van der Waals surface area contributed by atoms with Gasteiger partial charge in [-0.05, 0) is 28.7 Å². The first-order valence-electron chi connectivity index (χ1n) is 7.32. The van der Waals surface area contributed by atoms with Crippen LogP contribution in [-0.2, 0) is 0 Å². The number of hydrogen-bond donors (Lipinski definition) is 0. The van der Waals surface area contributed by atoms with E-state index in [4.69, 9.17) is 0 Å². The van der Waals surface area contributed by atoms with E-state index >= 15 is 0 Å². The van der Waals surface area contributed by atoms with E-state index in [2.05, 4.69) is 79.8 Å². The van der Waals surface area contributed by atoms with Crippen molar-refractivity contribution in [2.75, 3.05) is 0 Å². The maximum absolute atomic E-state index is 2.33. The molecule has 4 rings (SSSR count). The Balaban J connectivity index is 1.83. The van der Waals surface area contributed by atoms with Crippen molar-refractivity contribution in [1.29, 1.82) is 0 Å². The van der Waals surface area contributed by atoms with Crippen molar-refractivity contribution in [3.63, 3.8) is 0 Å². The molecule has 0 nitrogen and oxygen atoms in total. The minimum absolute atomic E-state index is 0.190. The number of fused-ring (bicyclic) bond motifs is 3. The van der Waals surface area contributed by atoms with Crippen LogP contribution in [0.2, 0.25) is 0 Å². The molecule has 20 heavy (non-hydrogen) atoms. The number of hydrogen-bond acceptors (Lipinski definition) is 0. The molecule has 2 aliphatic rings. The zero-order valence-corrected chi connectivity index (χ0v) is 11.7. The molecule has 0 bridgehead atoms. The molecule has 0 heterocycles. The largest absolute Gasteiger partial charge is 0.0748 e. The molecule has 0 aliphatic heterocycles. The van der Waals surface area contributed by atoms with E-state index in [0.717, 1.165) is 6.42 Å². The highest BCUT2D eigenvalue weighted by Gasteiger charge is 2.33.